The summed E-state index contributed by atoms with van der Waals surface area (Å²) in [5, 5.41) is 13.5. The maximum atomic E-state index is 12.2. The Bertz CT molecular complexity index is 883. The summed E-state index contributed by atoms with van der Waals surface area (Å²) in [4.78, 5) is 17.7. The Hall–Kier alpha value is -2.03. The minimum atomic E-state index is -0.633. The van der Waals surface area contributed by atoms with E-state index in [4.69, 9.17) is 23.2 Å². The van der Waals surface area contributed by atoms with Gasteiger partial charge in [-0.25, -0.2) is 9.67 Å². The smallest absolute Gasteiger partial charge is 0.250 e. The highest BCUT2D eigenvalue weighted by Crippen LogP contribution is 2.43. The Kier molecular flexibility index (Phi) is 3.95. The largest absolute Gasteiger partial charge is 0.276 e. The second kappa shape index (κ2) is 6.12. The average Bonchev–Trinajstić information content (AvgIpc) is 3.24. The number of carbonyl (C=O) groups excluding carboxylic acids is 1. The van der Waals surface area contributed by atoms with Crippen molar-refractivity contribution in [2.45, 2.75) is 18.0 Å². The Morgan fingerprint density at radius 1 is 1.29 bits per heavy atom. The molecule has 1 aliphatic rings. The van der Waals surface area contributed by atoms with Crippen LogP contribution in [0, 0.1) is 0 Å². The van der Waals surface area contributed by atoms with Crippen molar-refractivity contribution in [2.24, 2.45) is 0 Å². The standard InChI is InChI=1S/C14H10Cl2N6OS/c15-9-3-1-2-8(4-9)12-11(16)13(23)22(12)14-20-19-10(24-14)5-21-7-17-6-18-21/h1-4,6-7,11-12H,5H2. The second-order valence-electron chi connectivity index (χ2n) is 5.18. The van der Waals surface area contributed by atoms with Gasteiger partial charge < -0.3 is 0 Å². The summed E-state index contributed by atoms with van der Waals surface area (Å²) < 4.78 is 1.64. The van der Waals surface area contributed by atoms with Gasteiger partial charge in [-0.05, 0) is 17.7 Å². The second-order valence-corrected chi connectivity index (χ2v) is 7.13. The molecule has 0 spiro atoms. The van der Waals surface area contributed by atoms with Crippen LogP contribution < -0.4 is 4.90 Å². The van der Waals surface area contributed by atoms with Crippen molar-refractivity contribution in [3.05, 3.63) is 52.5 Å². The van der Waals surface area contributed by atoms with Gasteiger partial charge in [-0.1, -0.05) is 35.1 Å². The van der Waals surface area contributed by atoms with E-state index in [0.29, 0.717) is 16.7 Å². The number of halogens is 2. The average molecular weight is 381 g/mol. The number of amides is 1. The molecule has 0 aliphatic carbocycles. The summed E-state index contributed by atoms with van der Waals surface area (Å²) >= 11 is 13.6. The zero-order valence-electron chi connectivity index (χ0n) is 12.1. The summed E-state index contributed by atoms with van der Waals surface area (Å²) in [5.74, 6) is -0.190. The van der Waals surface area contributed by atoms with Crippen molar-refractivity contribution in [2.75, 3.05) is 4.90 Å². The number of alkyl halides is 1. The maximum absolute atomic E-state index is 12.2. The van der Waals surface area contributed by atoms with E-state index in [0.717, 1.165) is 10.6 Å². The summed E-state index contributed by atoms with van der Waals surface area (Å²) in [6, 6.07) is 7.00. The van der Waals surface area contributed by atoms with Gasteiger partial charge in [-0.2, -0.15) is 5.10 Å². The molecule has 0 bridgehead atoms. The van der Waals surface area contributed by atoms with E-state index in [2.05, 4.69) is 20.3 Å². The van der Waals surface area contributed by atoms with Gasteiger partial charge in [0.05, 0.1) is 12.6 Å². The van der Waals surface area contributed by atoms with Crippen LogP contribution in [0.3, 0.4) is 0 Å². The summed E-state index contributed by atoms with van der Waals surface area (Å²) in [6.07, 6.45) is 3.05. The molecule has 0 saturated carbocycles. The lowest BCUT2D eigenvalue weighted by atomic mass is 9.94. The first-order chi connectivity index (χ1) is 11.6. The molecule has 1 aromatic carbocycles. The number of carbonyl (C=O) groups is 1. The van der Waals surface area contributed by atoms with Gasteiger partial charge in [0.1, 0.15) is 23.0 Å². The molecule has 1 saturated heterocycles. The number of aromatic nitrogens is 5. The fourth-order valence-corrected chi connectivity index (χ4v) is 3.97. The van der Waals surface area contributed by atoms with Crippen molar-refractivity contribution in [3.8, 4) is 0 Å². The number of hydrogen-bond acceptors (Lipinski definition) is 6. The van der Waals surface area contributed by atoms with E-state index in [1.807, 2.05) is 12.1 Å². The lowest BCUT2D eigenvalue weighted by Crippen LogP contribution is -2.56. The predicted octanol–water partition coefficient (Wildman–Crippen LogP) is 2.53. The normalized spacial score (nSPS) is 20.2. The maximum Gasteiger partial charge on any atom is 0.250 e. The van der Waals surface area contributed by atoms with Crippen LogP contribution in [-0.4, -0.2) is 36.2 Å². The van der Waals surface area contributed by atoms with Gasteiger partial charge in [-0.15, -0.1) is 21.8 Å². The lowest BCUT2D eigenvalue weighted by molar-refractivity contribution is -0.123. The molecular weight excluding hydrogens is 371 g/mol. The third kappa shape index (κ3) is 2.66. The van der Waals surface area contributed by atoms with Crippen molar-refractivity contribution >= 4 is 45.6 Å². The molecule has 4 rings (SSSR count). The van der Waals surface area contributed by atoms with Crippen LogP contribution in [-0.2, 0) is 11.3 Å². The lowest BCUT2D eigenvalue weighted by Gasteiger charge is -2.42. The van der Waals surface area contributed by atoms with Gasteiger partial charge in [-0.3, -0.25) is 9.69 Å². The van der Waals surface area contributed by atoms with Crippen molar-refractivity contribution < 1.29 is 4.79 Å². The van der Waals surface area contributed by atoms with Gasteiger partial charge >= 0.3 is 0 Å². The molecule has 3 heterocycles. The van der Waals surface area contributed by atoms with Crippen molar-refractivity contribution in [1.29, 1.82) is 0 Å². The van der Waals surface area contributed by atoms with E-state index < -0.39 is 5.38 Å². The number of β-lactam (4-membered cyclic amide) rings is 1. The molecule has 1 amide bonds. The predicted molar refractivity (Wildman–Crippen MR) is 90.4 cm³/mol. The van der Waals surface area contributed by atoms with Crippen LogP contribution in [0.25, 0.3) is 0 Å². The quantitative estimate of drug-likeness (QED) is 0.513. The molecule has 122 valence electrons. The first-order valence-electron chi connectivity index (χ1n) is 7.01. The topological polar surface area (TPSA) is 76.8 Å². The highest BCUT2D eigenvalue weighted by molar-refractivity contribution is 7.15. The fourth-order valence-electron chi connectivity index (χ4n) is 2.53. The molecule has 10 heteroatoms. The molecule has 2 aromatic heterocycles. The molecule has 7 nitrogen and oxygen atoms in total. The molecule has 1 fully saturated rings. The Labute approximate surface area is 150 Å². The Balaban J connectivity index is 1.60. The molecule has 0 N–H and O–H groups in total. The van der Waals surface area contributed by atoms with E-state index >= 15 is 0 Å². The Morgan fingerprint density at radius 3 is 2.92 bits per heavy atom. The summed E-state index contributed by atoms with van der Waals surface area (Å²) in [5.41, 5.74) is 0.870. The SMILES string of the molecule is O=C1C(Cl)C(c2cccc(Cl)c2)N1c1nnc(Cn2cncn2)s1. The number of nitrogens with zero attached hydrogens (tertiary/aromatic N) is 6. The third-order valence-corrected chi connectivity index (χ3v) is 5.21. The van der Waals surface area contributed by atoms with E-state index in [1.54, 1.807) is 28.0 Å². The van der Waals surface area contributed by atoms with Crippen LogP contribution in [0.2, 0.25) is 5.02 Å². The first-order valence-corrected chi connectivity index (χ1v) is 8.64. The molecular formula is C14H10Cl2N6OS. The molecule has 24 heavy (non-hydrogen) atoms. The minimum absolute atomic E-state index is 0.190. The molecule has 1 aliphatic heterocycles. The van der Waals surface area contributed by atoms with E-state index in [1.165, 1.54) is 17.7 Å². The zero-order chi connectivity index (χ0) is 16.7. The number of hydrogen-bond donors (Lipinski definition) is 0. The number of rotatable bonds is 4. The van der Waals surface area contributed by atoms with Gasteiger partial charge in [0.15, 0.2) is 0 Å². The monoisotopic (exact) mass is 380 g/mol. The Morgan fingerprint density at radius 2 is 2.17 bits per heavy atom. The third-order valence-electron chi connectivity index (χ3n) is 3.65. The zero-order valence-corrected chi connectivity index (χ0v) is 14.4. The summed E-state index contributed by atoms with van der Waals surface area (Å²) in [7, 11) is 0. The summed E-state index contributed by atoms with van der Waals surface area (Å²) in [6.45, 7) is 0.450. The van der Waals surface area contributed by atoms with Crippen molar-refractivity contribution in [1.82, 2.24) is 25.0 Å². The highest BCUT2D eigenvalue weighted by Gasteiger charge is 2.49. The minimum Gasteiger partial charge on any atom is -0.276 e. The fraction of sp³-hybridized carbons (Fsp3) is 0.214. The molecule has 2 atom stereocenters. The van der Waals surface area contributed by atoms with Crippen molar-refractivity contribution in [3.63, 3.8) is 0 Å². The van der Waals surface area contributed by atoms with Crippen LogP contribution in [0.1, 0.15) is 16.6 Å². The van der Waals surface area contributed by atoms with Crippen LogP contribution in [0.5, 0.6) is 0 Å². The van der Waals surface area contributed by atoms with Gasteiger partial charge in [0.25, 0.3) is 0 Å². The molecule has 3 aromatic rings. The van der Waals surface area contributed by atoms with E-state index in [9.17, 15) is 4.79 Å². The first kappa shape index (κ1) is 15.5. The van der Waals surface area contributed by atoms with Gasteiger partial charge in [0.2, 0.25) is 11.0 Å². The van der Waals surface area contributed by atoms with Crippen LogP contribution in [0.15, 0.2) is 36.9 Å². The van der Waals surface area contributed by atoms with Crippen LogP contribution >= 0.6 is 34.5 Å². The number of anilines is 1. The number of benzene rings is 1. The van der Waals surface area contributed by atoms with Gasteiger partial charge in [0, 0.05) is 5.02 Å². The highest BCUT2D eigenvalue weighted by atomic mass is 35.5. The molecule has 0 radical (unpaired) electrons. The molecule has 2 unspecified atom stereocenters. The van der Waals surface area contributed by atoms with E-state index in [-0.39, 0.29) is 11.9 Å². The van der Waals surface area contributed by atoms with Crippen LogP contribution in [0.4, 0.5) is 5.13 Å².